The number of nitrogens with zero attached hydrogens (tertiary/aromatic N) is 2. The molecule has 0 aliphatic heterocycles. The Morgan fingerprint density at radius 3 is 2.75 bits per heavy atom. The normalized spacial score (nSPS) is 10.9. The maximum Gasteiger partial charge on any atom is 0.126 e. The summed E-state index contributed by atoms with van der Waals surface area (Å²) in [5.41, 5.74) is 1.44. The number of phenols is 1. The van der Waals surface area contributed by atoms with Crippen LogP contribution in [0.15, 0.2) is 23.3 Å². The summed E-state index contributed by atoms with van der Waals surface area (Å²) in [6.45, 7) is 3.38. The van der Waals surface area contributed by atoms with Gasteiger partial charge in [-0.3, -0.25) is 0 Å². The van der Waals surface area contributed by atoms with E-state index in [0.29, 0.717) is 12.1 Å². The van der Waals surface area contributed by atoms with Crippen LogP contribution >= 0.6 is 0 Å². The first-order valence-corrected chi connectivity index (χ1v) is 5.15. The third-order valence-corrected chi connectivity index (χ3v) is 2.34. The van der Waals surface area contributed by atoms with Crippen LogP contribution in [0.1, 0.15) is 12.5 Å². The largest absolute Gasteiger partial charge is 0.507 e. The lowest BCUT2D eigenvalue weighted by molar-refractivity contribution is 0.302. The highest BCUT2D eigenvalue weighted by molar-refractivity contribution is 5.84. The molecule has 1 aromatic rings. The lowest BCUT2D eigenvalue weighted by atomic mass is 10.2. The highest BCUT2D eigenvalue weighted by Gasteiger charge is 2.06. The van der Waals surface area contributed by atoms with Crippen molar-refractivity contribution in [2.24, 2.45) is 10.9 Å². The number of phenolic OH excluding ortho intramolecular Hbond substituents is 1. The summed E-state index contributed by atoms with van der Waals surface area (Å²) in [7, 11) is 0. The first kappa shape index (κ1) is 12.3. The average molecular weight is 223 g/mol. The van der Waals surface area contributed by atoms with E-state index in [0.717, 1.165) is 12.2 Å². The van der Waals surface area contributed by atoms with Crippen LogP contribution in [-0.2, 0) is 0 Å². The number of aromatic hydroxyl groups is 1. The summed E-state index contributed by atoms with van der Waals surface area (Å²) in [6, 6.07) is 5.23. The number of benzene rings is 1. The van der Waals surface area contributed by atoms with E-state index in [1.807, 2.05) is 17.9 Å². The second kappa shape index (κ2) is 5.97. The van der Waals surface area contributed by atoms with Crippen molar-refractivity contribution in [1.29, 1.82) is 0 Å². The zero-order chi connectivity index (χ0) is 12.0. The van der Waals surface area contributed by atoms with E-state index in [2.05, 4.69) is 5.10 Å². The molecule has 0 amide bonds. The first-order chi connectivity index (χ1) is 7.72. The number of rotatable bonds is 5. The highest BCUT2D eigenvalue weighted by atomic mass is 16.3. The minimum atomic E-state index is 0.0839. The first-order valence-electron chi connectivity index (χ1n) is 5.15. The van der Waals surface area contributed by atoms with Crippen LogP contribution in [0.4, 0.5) is 5.69 Å². The second-order valence-electron chi connectivity index (χ2n) is 3.32. The van der Waals surface area contributed by atoms with Gasteiger partial charge in [-0.25, -0.2) is 0 Å². The molecule has 5 nitrogen and oxygen atoms in total. The number of likely N-dealkylation sites (N-methyl/N-ethyl adjacent to an activating group) is 1. The molecule has 0 fully saturated rings. The molecule has 0 saturated carbocycles. The number of hydrogen-bond acceptors (Lipinski definition) is 5. The van der Waals surface area contributed by atoms with Gasteiger partial charge in [0.15, 0.2) is 0 Å². The molecule has 5 heteroatoms. The lowest BCUT2D eigenvalue weighted by Crippen LogP contribution is -2.26. The average Bonchev–Trinajstić information content (AvgIpc) is 2.29. The summed E-state index contributed by atoms with van der Waals surface area (Å²) in [4.78, 5) is 1.96. The van der Waals surface area contributed by atoms with Gasteiger partial charge in [0.2, 0.25) is 0 Å². The van der Waals surface area contributed by atoms with Crippen molar-refractivity contribution in [3.8, 4) is 5.75 Å². The van der Waals surface area contributed by atoms with Gasteiger partial charge >= 0.3 is 0 Å². The fourth-order valence-corrected chi connectivity index (χ4v) is 1.51. The lowest BCUT2D eigenvalue weighted by Gasteiger charge is -2.22. The molecule has 88 valence electrons. The Kier molecular flexibility index (Phi) is 4.60. The van der Waals surface area contributed by atoms with Crippen molar-refractivity contribution in [2.45, 2.75) is 6.92 Å². The summed E-state index contributed by atoms with van der Waals surface area (Å²) in [6.07, 6.45) is 1.39. The predicted molar refractivity (Wildman–Crippen MR) is 64.9 cm³/mol. The van der Waals surface area contributed by atoms with Gasteiger partial charge in [0, 0.05) is 30.4 Å². The zero-order valence-corrected chi connectivity index (χ0v) is 9.30. The Hall–Kier alpha value is -1.75. The molecule has 16 heavy (non-hydrogen) atoms. The zero-order valence-electron chi connectivity index (χ0n) is 9.30. The van der Waals surface area contributed by atoms with Crippen LogP contribution in [-0.4, -0.2) is 36.1 Å². The van der Waals surface area contributed by atoms with Crippen molar-refractivity contribution in [3.05, 3.63) is 23.8 Å². The second-order valence-corrected chi connectivity index (χ2v) is 3.32. The highest BCUT2D eigenvalue weighted by Crippen LogP contribution is 2.23. The summed E-state index contributed by atoms with van der Waals surface area (Å²) in [5, 5.41) is 22.0. The smallest absolute Gasteiger partial charge is 0.126 e. The number of hydrazone groups is 1. The topological polar surface area (TPSA) is 82.1 Å². The van der Waals surface area contributed by atoms with Crippen molar-refractivity contribution < 1.29 is 10.2 Å². The Balaban J connectivity index is 2.94. The number of hydrogen-bond donors (Lipinski definition) is 3. The van der Waals surface area contributed by atoms with Gasteiger partial charge in [-0.2, -0.15) is 5.10 Å². The van der Waals surface area contributed by atoms with Crippen molar-refractivity contribution in [2.75, 3.05) is 24.6 Å². The Morgan fingerprint density at radius 2 is 2.25 bits per heavy atom. The molecule has 0 unspecified atom stereocenters. The van der Waals surface area contributed by atoms with Crippen LogP contribution in [0.25, 0.3) is 0 Å². The SMILES string of the molecule is CCN(CCO)c1ccc(C=NN)c(O)c1. The van der Waals surface area contributed by atoms with Gasteiger partial charge in [-0.15, -0.1) is 0 Å². The molecule has 0 aromatic heterocycles. The van der Waals surface area contributed by atoms with E-state index in [9.17, 15) is 5.11 Å². The molecule has 0 radical (unpaired) electrons. The van der Waals surface area contributed by atoms with Crippen LogP contribution in [0.5, 0.6) is 5.75 Å². The number of nitrogens with two attached hydrogens (primary N) is 1. The Morgan fingerprint density at radius 1 is 1.50 bits per heavy atom. The Labute approximate surface area is 94.8 Å². The third-order valence-electron chi connectivity index (χ3n) is 2.34. The summed E-state index contributed by atoms with van der Waals surface area (Å²) < 4.78 is 0. The molecule has 0 atom stereocenters. The van der Waals surface area contributed by atoms with E-state index in [-0.39, 0.29) is 12.4 Å². The van der Waals surface area contributed by atoms with Gasteiger partial charge in [-0.05, 0) is 19.1 Å². The standard InChI is InChI=1S/C11H17N3O2/c1-2-14(5-6-15)10-4-3-9(8-13-12)11(16)7-10/h3-4,7-8,15-16H,2,5-6,12H2,1H3. The van der Waals surface area contributed by atoms with Crippen LogP contribution < -0.4 is 10.7 Å². The molecule has 0 aliphatic rings. The molecule has 0 heterocycles. The monoisotopic (exact) mass is 223 g/mol. The molecular weight excluding hydrogens is 206 g/mol. The van der Waals surface area contributed by atoms with Crippen molar-refractivity contribution in [3.63, 3.8) is 0 Å². The fraction of sp³-hybridized carbons (Fsp3) is 0.364. The molecule has 0 bridgehead atoms. The summed E-state index contributed by atoms with van der Waals surface area (Å²) >= 11 is 0. The van der Waals surface area contributed by atoms with E-state index < -0.39 is 0 Å². The van der Waals surface area contributed by atoms with E-state index >= 15 is 0 Å². The molecule has 1 rings (SSSR count). The minimum Gasteiger partial charge on any atom is -0.507 e. The maximum atomic E-state index is 9.70. The Bertz CT molecular complexity index is 366. The van der Waals surface area contributed by atoms with Gasteiger partial charge in [0.05, 0.1) is 12.8 Å². The molecule has 0 spiro atoms. The predicted octanol–water partition coefficient (Wildman–Crippen LogP) is 0.503. The number of anilines is 1. The quantitative estimate of drug-likeness (QED) is 0.386. The van der Waals surface area contributed by atoms with Crippen LogP contribution in [0.2, 0.25) is 0 Å². The van der Waals surface area contributed by atoms with Gasteiger partial charge < -0.3 is 21.0 Å². The maximum absolute atomic E-state index is 9.70. The van der Waals surface area contributed by atoms with E-state index in [4.69, 9.17) is 10.9 Å². The number of aliphatic hydroxyl groups is 1. The van der Waals surface area contributed by atoms with Crippen LogP contribution in [0, 0.1) is 0 Å². The third kappa shape index (κ3) is 2.87. The molecule has 4 N–H and O–H groups in total. The van der Waals surface area contributed by atoms with E-state index in [1.54, 1.807) is 12.1 Å². The molecule has 0 aliphatic carbocycles. The van der Waals surface area contributed by atoms with Crippen LogP contribution in [0.3, 0.4) is 0 Å². The van der Waals surface area contributed by atoms with Gasteiger partial charge in [0.25, 0.3) is 0 Å². The summed E-state index contributed by atoms with van der Waals surface area (Å²) in [5.74, 6) is 5.14. The van der Waals surface area contributed by atoms with E-state index in [1.165, 1.54) is 6.21 Å². The molecular formula is C11H17N3O2. The van der Waals surface area contributed by atoms with Gasteiger partial charge in [0.1, 0.15) is 5.75 Å². The van der Waals surface area contributed by atoms with Crippen molar-refractivity contribution >= 4 is 11.9 Å². The minimum absolute atomic E-state index is 0.0839. The molecule has 0 saturated heterocycles. The fourth-order valence-electron chi connectivity index (χ4n) is 1.51. The molecule has 1 aromatic carbocycles. The van der Waals surface area contributed by atoms with Gasteiger partial charge in [-0.1, -0.05) is 0 Å². The number of aliphatic hydroxyl groups excluding tert-OH is 1. The van der Waals surface area contributed by atoms with Crippen molar-refractivity contribution in [1.82, 2.24) is 0 Å².